The molecule has 0 radical (unpaired) electrons. The first-order valence-corrected chi connectivity index (χ1v) is 16.8. The highest BCUT2D eigenvalue weighted by Gasteiger charge is 2.35. The minimum atomic E-state index is -0.977. The van der Waals surface area contributed by atoms with Crippen molar-refractivity contribution in [3.05, 3.63) is 23.8 Å². The molecule has 15 nitrogen and oxygen atoms in total. The van der Waals surface area contributed by atoms with Gasteiger partial charge in [0.2, 0.25) is 11.8 Å². The van der Waals surface area contributed by atoms with E-state index in [1.807, 2.05) is 32.0 Å². The van der Waals surface area contributed by atoms with Crippen LogP contribution in [0.3, 0.4) is 0 Å². The molecule has 1 aromatic carbocycles. The number of rotatable bonds is 25. The molecule has 2 amide bonds. The van der Waals surface area contributed by atoms with Gasteiger partial charge in [-0.3, -0.25) is 24.8 Å². The molecule has 4 unspecified atom stereocenters. The van der Waals surface area contributed by atoms with Gasteiger partial charge in [0.1, 0.15) is 6.10 Å². The van der Waals surface area contributed by atoms with Crippen molar-refractivity contribution in [1.29, 1.82) is 0 Å². The van der Waals surface area contributed by atoms with Crippen LogP contribution in [0.4, 0.5) is 4.79 Å². The summed E-state index contributed by atoms with van der Waals surface area (Å²) >= 11 is 0. The quantitative estimate of drug-likeness (QED) is 0.0557. The Morgan fingerprint density at radius 3 is 2.18 bits per heavy atom. The summed E-state index contributed by atoms with van der Waals surface area (Å²) in [6.45, 7) is 12.1. The molecule has 1 rings (SSSR count). The Morgan fingerprint density at radius 2 is 1.61 bits per heavy atom. The molecule has 0 saturated carbocycles. The number of benzene rings is 1. The number of nitrogens with two attached hydrogens (primary N) is 2. The zero-order valence-corrected chi connectivity index (χ0v) is 30.4. The van der Waals surface area contributed by atoms with Gasteiger partial charge in [-0.2, -0.15) is 0 Å². The number of methoxy groups -OCH3 is 2. The lowest BCUT2D eigenvalue weighted by atomic mass is 9.80. The third kappa shape index (κ3) is 16.8. The Labute approximate surface area is 290 Å². The summed E-state index contributed by atoms with van der Waals surface area (Å²) in [6, 6.07) is 5.15. The Balaban J connectivity index is 3.20. The maximum absolute atomic E-state index is 13.4. The molecular weight excluding hydrogens is 640 g/mol. The van der Waals surface area contributed by atoms with Crippen molar-refractivity contribution in [3.8, 4) is 11.5 Å². The van der Waals surface area contributed by atoms with Gasteiger partial charge in [0, 0.05) is 45.1 Å². The molecule has 0 heterocycles. The fourth-order valence-corrected chi connectivity index (χ4v) is 5.03. The zero-order chi connectivity index (χ0) is 37.1. The van der Waals surface area contributed by atoms with E-state index in [0.717, 1.165) is 12.0 Å². The van der Waals surface area contributed by atoms with Crippen LogP contribution in [-0.4, -0.2) is 93.1 Å². The van der Waals surface area contributed by atoms with E-state index in [-0.39, 0.29) is 56.3 Å². The topological polar surface area (TPSA) is 214 Å². The van der Waals surface area contributed by atoms with Crippen molar-refractivity contribution in [2.45, 2.75) is 85.8 Å². The van der Waals surface area contributed by atoms with Crippen molar-refractivity contribution >= 4 is 18.0 Å². The number of nitrogens with one attached hydrogen (secondary N) is 1. The first kappa shape index (κ1) is 43.8. The van der Waals surface area contributed by atoms with Crippen LogP contribution in [0.15, 0.2) is 18.2 Å². The van der Waals surface area contributed by atoms with Gasteiger partial charge in [0.05, 0.1) is 37.7 Å². The lowest BCUT2D eigenvalue weighted by molar-refractivity contribution is -0.492. The third-order valence-corrected chi connectivity index (χ3v) is 8.43. The Hall–Kier alpha value is -3.21. The first-order valence-electron chi connectivity index (χ1n) is 16.8. The van der Waals surface area contributed by atoms with E-state index in [0.29, 0.717) is 37.6 Å². The number of nitrogens with zero attached hydrogens (tertiary/aromatic N) is 1. The number of ether oxygens (including phenoxy) is 5. The number of amides is 2. The molecule has 0 aliphatic heterocycles. The summed E-state index contributed by atoms with van der Waals surface area (Å²) in [5.41, 5.74) is 12.4. The molecular formula is C34H60N4O11. The van der Waals surface area contributed by atoms with Gasteiger partial charge in [0.25, 0.3) is 0 Å². The van der Waals surface area contributed by atoms with Crippen LogP contribution >= 0.6 is 0 Å². The summed E-state index contributed by atoms with van der Waals surface area (Å²) in [5.74, 6) is -0.116. The lowest BCUT2D eigenvalue weighted by Gasteiger charge is -2.32. The average Bonchev–Trinajstić information content (AvgIpc) is 3.03. The summed E-state index contributed by atoms with van der Waals surface area (Å²) < 4.78 is 27.5. The molecule has 0 bridgehead atoms. The number of hydrogen-bond acceptors (Lipinski definition) is 13. The molecule has 0 saturated heterocycles. The van der Waals surface area contributed by atoms with Gasteiger partial charge in [-0.05, 0) is 68.6 Å². The van der Waals surface area contributed by atoms with Crippen LogP contribution in [0.25, 0.3) is 0 Å². The lowest BCUT2D eigenvalue weighted by Crippen LogP contribution is -2.47. The van der Waals surface area contributed by atoms with E-state index in [1.165, 1.54) is 0 Å². The third-order valence-electron chi connectivity index (χ3n) is 8.43. The SMILES string of the molecule is COCCCOc1cc(CC(CC(N)C(CC(C(=O)NCC(C)(C)C(N)=O)C(C)C)OC(=O)OCCCON(O)O)C(C)C)ccc1OC. The molecule has 7 N–H and O–H groups in total. The summed E-state index contributed by atoms with van der Waals surface area (Å²) in [4.78, 5) is 42.5. The predicted octanol–water partition coefficient (Wildman–Crippen LogP) is 3.86. The monoisotopic (exact) mass is 700 g/mol. The first-order chi connectivity index (χ1) is 23.0. The standard InChI is InChI=1S/C34H60N4O11/c1-22(2)25(17-24-11-12-28(45-8)30(18-24)46-14-9-13-44-7)19-27(35)29(49-33(41)47-15-10-16-48-38(42)43)20-26(23(3)4)31(39)37-21-34(5,6)32(36)40/h11-12,18,22-23,25-27,29,42-43H,9-10,13-17,19-21,35H2,1-8H3,(H2,36,40)(H,37,39). The van der Waals surface area contributed by atoms with Crippen LogP contribution < -0.4 is 26.3 Å². The Morgan fingerprint density at radius 1 is 0.939 bits per heavy atom. The number of carbonyl (C=O) groups is 3. The molecule has 0 spiro atoms. The van der Waals surface area contributed by atoms with Crippen molar-refractivity contribution in [2.75, 3.05) is 47.2 Å². The molecule has 1 aromatic rings. The van der Waals surface area contributed by atoms with E-state index in [2.05, 4.69) is 24.0 Å². The zero-order valence-electron chi connectivity index (χ0n) is 30.4. The van der Waals surface area contributed by atoms with E-state index >= 15 is 0 Å². The summed E-state index contributed by atoms with van der Waals surface area (Å²) in [6.07, 6.45) is 0.242. The number of hydrogen-bond donors (Lipinski definition) is 5. The van der Waals surface area contributed by atoms with Gasteiger partial charge >= 0.3 is 6.16 Å². The second-order valence-electron chi connectivity index (χ2n) is 13.5. The van der Waals surface area contributed by atoms with E-state index in [1.54, 1.807) is 28.1 Å². The Kier molecular flexibility index (Phi) is 20.1. The highest BCUT2D eigenvalue weighted by atomic mass is 17.1. The largest absolute Gasteiger partial charge is 0.508 e. The maximum atomic E-state index is 13.4. The molecule has 282 valence electrons. The van der Waals surface area contributed by atoms with Crippen LogP contribution in [-0.2, 0) is 35.1 Å². The summed E-state index contributed by atoms with van der Waals surface area (Å²) in [7, 11) is 3.23. The molecule has 0 aliphatic rings. The average molecular weight is 701 g/mol. The molecule has 15 heteroatoms. The van der Waals surface area contributed by atoms with E-state index < -0.39 is 40.9 Å². The Bertz CT molecular complexity index is 1130. The highest BCUT2D eigenvalue weighted by molar-refractivity contribution is 5.83. The fourth-order valence-electron chi connectivity index (χ4n) is 5.03. The van der Waals surface area contributed by atoms with E-state index in [4.69, 9.17) is 45.6 Å². The van der Waals surface area contributed by atoms with Crippen LogP contribution in [0.2, 0.25) is 0 Å². The molecule has 49 heavy (non-hydrogen) atoms. The van der Waals surface area contributed by atoms with Crippen molar-refractivity contribution in [3.63, 3.8) is 0 Å². The van der Waals surface area contributed by atoms with Crippen LogP contribution in [0.1, 0.15) is 72.8 Å². The minimum Gasteiger partial charge on any atom is -0.493 e. The normalized spacial score (nSPS) is 14.3. The molecule has 4 atom stereocenters. The van der Waals surface area contributed by atoms with Gasteiger partial charge in [-0.15, -0.1) is 0 Å². The maximum Gasteiger partial charge on any atom is 0.508 e. The van der Waals surface area contributed by atoms with Crippen molar-refractivity contribution < 1.29 is 53.3 Å². The number of carbonyl (C=O) groups excluding carboxylic acids is 3. The van der Waals surface area contributed by atoms with E-state index in [9.17, 15) is 14.4 Å². The molecule has 0 aliphatic carbocycles. The molecule has 0 fully saturated rings. The number of primary amides is 1. The fraction of sp³-hybridized carbons (Fsp3) is 0.735. The van der Waals surface area contributed by atoms with Crippen molar-refractivity contribution in [1.82, 2.24) is 10.7 Å². The second kappa shape index (κ2) is 22.5. The molecule has 0 aromatic heterocycles. The van der Waals surface area contributed by atoms with Crippen molar-refractivity contribution in [2.24, 2.45) is 40.6 Å². The summed E-state index contributed by atoms with van der Waals surface area (Å²) in [5, 5.41) is 19.7. The van der Waals surface area contributed by atoms with Gasteiger partial charge in [-0.25, -0.2) is 4.79 Å². The predicted molar refractivity (Wildman–Crippen MR) is 181 cm³/mol. The minimum absolute atomic E-state index is 0.0422. The van der Waals surface area contributed by atoms with Gasteiger partial charge in [0.15, 0.2) is 11.5 Å². The smallest absolute Gasteiger partial charge is 0.493 e. The van der Waals surface area contributed by atoms with Gasteiger partial charge in [-0.1, -0.05) is 33.8 Å². The highest BCUT2D eigenvalue weighted by Crippen LogP contribution is 2.32. The van der Waals surface area contributed by atoms with Crippen LogP contribution in [0.5, 0.6) is 11.5 Å². The van der Waals surface area contributed by atoms with Gasteiger partial charge < -0.3 is 40.5 Å². The second-order valence-corrected chi connectivity index (χ2v) is 13.5. The van der Waals surface area contributed by atoms with Crippen LogP contribution in [0, 0.1) is 29.1 Å².